The molecule has 4 nitrogen and oxygen atoms in total. The Balaban J connectivity index is 1.83. The first-order valence-corrected chi connectivity index (χ1v) is 8.85. The summed E-state index contributed by atoms with van der Waals surface area (Å²) in [6.45, 7) is 8.04. The summed E-state index contributed by atoms with van der Waals surface area (Å²) in [4.78, 5) is 4.22. The maximum atomic E-state index is 9.43. The van der Waals surface area contributed by atoms with Crippen LogP contribution in [0.15, 0.2) is 42.6 Å². The van der Waals surface area contributed by atoms with E-state index in [2.05, 4.69) is 37.1 Å². The van der Waals surface area contributed by atoms with E-state index in [1.54, 1.807) is 6.20 Å². The van der Waals surface area contributed by atoms with E-state index in [1.807, 2.05) is 36.4 Å². The van der Waals surface area contributed by atoms with E-state index >= 15 is 0 Å². The monoisotopic (exact) mass is 337 g/mol. The van der Waals surface area contributed by atoms with Crippen molar-refractivity contribution in [2.45, 2.75) is 40.0 Å². The number of aromatic nitrogens is 1. The number of ether oxygens (including phenoxy) is 1. The van der Waals surface area contributed by atoms with Gasteiger partial charge < -0.3 is 10.1 Å². The van der Waals surface area contributed by atoms with Crippen LogP contribution in [-0.4, -0.2) is 18.1 Å². The second-order valence-corrected chi connectivity index (χ2v) is 6.97. The first-order valence-electron chi connectivity index (χ1n) is 8.85. The van der Waals surface area contributed by atoms with Gasteiger partial charge in [0.05, 0.1) is 18.2 Å². The molecule has 0 atom stereocenters. The predicted octanol–water partition coefficient (Wildman–Crippen LogP) is 4.81. The number of nitrogens with zero attached hydrogens (tertiary/aromatic N) is 2. The Hall–Kier alpha value is -2.54. The zero-order chi connectivity index (χ0) is 18.1. The lowest BCUT2D eigenvalue weighted by molar-refractivity contribution is 0.314. The van der Waals surface area contributed by atoms with Gasteiger partial charge in [0, 0.05) is 12.7 Å². The highest BCUT2D eigenvalue weighted by Crippen LogP contribution is 2.28. The summed E-state index contributed by atoms with van der Waals surface area (Å²) in [5.74, 6) is 1.63. The molecule has 0 saturated carbocycles. The minimum Gasteiger partial charge on any atom is -0.493 e. The Bertz CT molecular complexity index is 705. The van der Waals surface area contributed by atoms with E-state index in [9.17, 15) is 5.26 Å². The molecule has 0 saturated heterocycles. The lowest BCUT2D eigenvalue weighted by atomic mass is 9.82. The van der Waals surface area contributed by atoms with Crippen molar-refractivity contribution >= 4 is 5.82 Å². The van der Waals surface area contributed by atoms with Crippen molar-refractivity contribution < 1.29 is 4.74 Å². The standard InChI is InChI=1S/C21H27N3O/c1-4-21(2,3)15-17-9-10-19(14-18(17)16-22)25-13-7-12-24-20-8-5-6-11-23-20/h5-6,8-11,14H,4,7,12-13,15H2,1-3H3,(H,23,24). The molecule has 0 amide bonds. The van der Waals surface area contributed by atoms with Crippen molar-refractivity contribution in [3.63, 3.8) is 0 Å². The van der Waals surface area contributed by atoms with Crippen molar-refractivity contribution in [3.8, 4) is 11.8 Å². The van der Waals surface area contributed by atoms with Crippen molar-refractivity contribution in [2.75, 3.05) is 18.5 Å². The summed E-state index contributed by atoms with van der Waals surface area (Å²) >= 11 is 0. The molecule has 4 heteroatoms. The van der Waals surface area contributed by atoms with E-state index in [-0.39, 0.29) is 5.41 Å². The van der Waals surface area contributed by atoms with Gasteiger partial charge in [0.15, 0.2) is 0 Å². The Morgan fingerprint density at radius 1 is 1.24 bits per heavy atom. The zero-order valence-electron chi connectivity index (χ0n) is 15.4. The summed E-state index contributed by atoms with van der Waals surface area (Å²) < 4.78 is 5.79. The van der Waals surface area contributed by atoms with Crippen molar-refractivity contribution in [1.29, 1.82) is 5.26 Å². The average molecular weight is 337 g/mol. The van der Waals surface area contributed by atoms with Crippen LogP contribution in [0, 0.1) is 16.7 Å². The average Bonchev–Trinajstić information content (AvgIpc) is 2.63. The topological polar surface area (TPSA) is 57.9 Å². The molecular formula is C21H27N3O. The van der Waals surface area contributed by atoms with Crippen LogP contribution in [0.5, 0.6) is 5.75 Å². The third-order valence-electron chi connectivity index (χ3n) is 4.39. The van der Waals surface area contributed by atoms with Gasteiger partial charge in [0.1, 0.15) is 11.6 Å². The molecule has 25 heavy (non-hydrogen) atoms. The molecule has 0 unspecified atom stereocenters. The van der Waals surface area contributed by atoms with Crippen LogP contribution in [0.3, 0.4) is 0 Å². The summed E-state index contributed by atoms with van der Waals surface area (Å²) in [7, 11) is 0. The molecule has 1 aromatic heterocycles. The number of benzene rings is 1. The third-order valence-corrected chi connectivity index (χ3v) is 4.39. The molecular weight excluding hydrogens is 310 g/mol. The molecule has 0 fully saturated rings. The molecule has 1 N–H and O–H groups in total. The van der Waals surface area contributed by atoms with Gasteiger partial charge >= 0.3 is 0 Å². The summed E-state index contributed by atoms with van der Waals surface area (Å²) in [5, 5.41) is 12.7. The van der Waals surface area contributed by atoms with Crippen LogP contribution in [0.2, 0.25) is 0 Å². The first kappa shape index (κ1) is 18.8. The molecule has 2 rings (SSSR count). The first-order chi connectivity index (χ1) is 12.0. The van der Waals surface area contributed by atoms with Gasteiger partial charge in [0.2, 0.25) is 0 Å². The molecule has 132 valence electrons. The highest BCUT2D eigenvalue weighted by molar-refractivity contribution is 5.43. The van der Waals surface area contributed by atoms with E-state index in [1.165, 1.54) is 0 Å². The Labute approximate surface area is 150 Å². The van der Waals surface area contributed by atoms with Crippen LogP contribution >= 0.6 is 0 Å². The van der Waals surface area contributed by atoms with E-state index in [0.717, 1.165) is 42.9 Å². The smallest absolute Gasteiger partial charge is 0.125 e. The lowest BCUT2D eigenvalue weighted by Gasteiger charge is -2.23. The van der Waals surface area contributed by atoms with Gasteiger partial charge in [-0.2, -0.15) is 5.26 Å². The fraction of sp³-hybridized carbons (Fsp3) is 0.429. The quantitative estimate of drug-likeness (QED) is 0.667. The molecule has 0 aliphatic heterocycles. The van der Waals surface area contributed by atoms with Gasteiger partial charge in [-0.05, 0) is 48.1 Å². The van der Waals surface area contributed by atoms with Crippen LogP contribution in [0.25, 0.3) is 0 Å². The Kier molecular flexibility index (Phi) is 6.82. The zero-order valence-corrected chi connectivity index (χ0v) is 15.4. The number of hydrogen-bond acceptors (Lipinski definition) is 4. The largest absolute Gasteiger partial charge is 0.493 e. The second kappa shape index (κ2) is 9.08. The minimum atomic E-state index is 0.200. The molecule has 0 aliphatic carbocycles. The third kappa shape index (κ3) is 6.11. The van der Waals surface area contributed by atoms with Crippen LogP contribution in [0.4, 0.5) is 5.82 Å². The van der Waals surface area contributed by atoms with Gasteiger partial charge in [-0.1, -0.05) is 39.3 Å². The summed E-state index contributed by atoms with van der Waals surface area (Å²) in [6, 6.07) is 13.9. The highest BCUT2D eigenvalue weighted by atomic mass is 16.5. The predicted molar refractivity (Wildman–Crippen MR) is 102 cm³/mol. The number of nitrogens with one attached hydrogen (secondary N) is 1. The maximum absolute atomic E-state index is 9.43. The molecule has 0 aliphatic rings. The molecule has 0 radical (unpaired) electrons. The van der Waals surface area contributed by atoms with Gasteiger partial charge in [-0.3, -0.25) is 0 Å². The van der Waals surface area contributed by atoms with Crippen LogP contribution < -0.4 is 10.1 Å². The highest BCUT2D eigenvalue weighted by Gasteiger charge is 2.18. The number of anilines is 1. The second-order valence-electron chi connectivity index (χ2n) is 6.97. The molecule has 1 aromatic carbocycles. The van der Waals surface area contributed by atoms with Gasteiger partial charge in [-0.25, -0.2) is 4.98 Å². The van der Waals surface area contributed by atoms with Crippen molar-refractivity contribution in [3.05, 3.63) is 53.7 Å². The van der Waals surface area contributed by atoms with Crippen molar-refractivity contribution in [1.82, 2.24) is 4.98 Å². The SMILES string of the molecule is CCC(C)(C)Cc1ccc(OCCCNc2ccccn2)cc1C#N. The Morgan fingerprint density at radius 3 is 2.76 bits per heavy atom. The summed E-state index contributed by atoms with van der Waals surface area (Å²) in [5.41, 5.74) is 2.01. The summed E-state index contributed by atoms with van der Waals surface area (Å²) in [6.07, 6.45) is 4.62. The fourth-order valence-corrected chi connectivity index (χ4v) is 2.49. The maximum Gasteiger partial charge on any atom is 0.125 e. The normalized spacial score (nSPS) is 11.0. The number of hydrogen-bond donors (Lipinski definition) is 1. The van der Waals surface area contributed by atoms with Crippen LogP contribution in [-0.2, 0) is 6.42 Å². The minimum absolute atomic E-state index is 0.200. The molecule has 0 bridgehead atoms. The fourth-order valence-electron chi connectivity index (χ4n) is 2.49. The van der Waals surface area contributed by atoms with E-state index in [4.69, 9.17) is 4.74 Å². The lowest BCUT2D eigenvalue weighted by Crippen LogP contribution is -2.14. The molecule has 0 spiro atoms. The molecule has 2 aromatic rings. The van der Waals surface area contributed by atoms with Gasteiger partial charge in [-0.15, -0.1) is 0 Å². The van der Waals surface area contributed by atoms with Gasteiger partial charge in [0.25, 0.3) is 0 Å². The van der Waals surface area contributed by atoms with Crippen molar-refractivity contribution in [2.24, 2.45) is 5.41 Å². The number of rotatable bonds is 9. The Morgan fingerprint density at radius 2 is 2.08 bits per heavy atom. The van der Waals surface area contributed by atoms with Crippen LogP contribution in [0.1, 0.15) is 44.7 Å². The molecule has 1 heterocycles. The van der Waals surface area contributed by atoms with E-state index in [0.29, 0.717) is 12.2 Å². The number of nitriles is 1. The van der Waals surface area contributed by atoms with E-state index < -0.39 is 0 Å². The number of pyridine rings is 1.